The molecule has 6 heteroatoms. The molecule has 0 amide bonds. The van der Waals surface area contributed by atoms with Gasteiger partial charge < -0.3 is 9.84 Å². The van der Waals surface area contributed by atoms with Crippen molar-refractivity contribution >= 4 is 22.3 Å². The fourth-order valence-corrected chi connectivity index (χ4v) is 2.96. The molecule has 0 bridgehead atoms. The summed E-state index contributed by atoms with van der Waals surface area (Å²) in [6.07, 6.45) is 1.71. The van der Waals surface area contributed by atoms with Crippen molar-refractivity contribution < 1.29 is 14.6 Å². The van der Waals surface area contributed by atoms with E-state index in [9.17, 15) is 4.79 Å². The van der Waals surface area contributed by atoms with E-state index in [0.717, 1.165) is 22.0 Å². The molecule has 102 valence electrons. The zero-order valence-corrected chi connectivity index (χ0v) is 11.6. The quantitative estimate of drug-likeness (QED) is 0.801. The highest BCUT2D eigenvalue weighted by molar-refractivity contribution is 7.15. The van der Waals surface area contributed by atoms with Gasteiger partial charge in [0.1, 0.15) is 5.75 Å². The molecule has 1 N–H and O–H groups in total. The lowest BCUT2D eigenvalue weighted by Crippen LogP contribution is -1.99. The third-order valence-electron chi connectivity index (χ3n) is 2.96. The molecule has 2 heterocycles. The van der Waals surface area contributed by atoms with Crippen LogP contribution in [0.25, 0.3) is 16.2 Å². The third kappa shape index (κ3) is 2.25. The molecule has 0 saturated carbocycles. The summed E-state index contributed by atoms with van der Waals surface area (Å²) in [6.45, 7) is 0. The summed E-state index contributed by atoms with van der Waals surface area (Å²) >= 11 is 1.49. The first-order chi connectivity index (χ1) is 9.67. The molecular formula is C14H12N2O3S. The second kappa shape index (κ2) is 4.97. The molecule has 0 aliphatic heterocycles. The highest BCUT2D eigenvalue weighted by Gasteiger charge is 2.12. The van der Waals surface area contributed by atoms with E-state index in [-0.39, 0.29) is 6.42 Å². The number of imidazole rings is 1. The first-order valence-corrected chi connectivity index (χ1v) is 6.87. The van der Waals surface area contributed by atoms with Gasteiger partial charge in [-0.3, -0.25) is 9.20 Å². The molecule has 20 heavy (non-hydrogen) atoms. The van der Waals surface area contributed by atoms with Crippen LogP contribution in [0.5, 0.6) is 5.75 Å². The van der Waals surface area contributed by atoms with E-state index in [0.29, 0.717) is 5.69 Å². The molecule has 0 fully saturated rings. The van der Waals surface area contributed by atoms with E-state index >= 15 is 0 Å². The topological polar surface area (TPSA) is 63.8 Å². The van der Waals surface area contributed by atoms with Crippen LogP contribution in [0, 0.1) is 0 Å². The molecule has 0 saturated heterocycles. The van der Waals surface area contributed by atoms with Crippen molar-refractivity contribution in [3.05, 3.63) is 41.5 Å². The second-order valence-electron chi connectivity index (χ2n) is 4.31. The van der Waals surface area contributed by atoms with Crippen LogP contribution >= 0.6 is 11.3 Å². The molecule has 5 nitrogen and oxygen atoms in total. The van der Waals surface area contributed by atoms with E-state index in [1.165, 1.54) is 11.3 Å². The molecule has 3 aromatic rings. The number of rotatable bonds is 4. The molecule has 0 atom stereocenters. The van der Waals surface area contributed by atoms with Crippen LogP contribution in [-0.2, 0) is 11.2 Å². The van der Waals surface area contributed by atoms with E-state index in [4.69, 9.17) is 9.84 Å². The van der Waals surface area contributed by atoms with E-state index < -0.39 is 5.97 Å². The molecule has 0 aliphatic rings. The van der Waals surface area contributed by atoms with Crippen LogP contribution in [-0.4, -0.2) is 27.6 Å². The van der Waals surface area contributed by atoms with Crippen molar-refractivity contribution in [2.45, 2.75) is 6.42 Å². The monoisotopic (exact) mass is 288 g/mol. The molecule has 3 rings (SSSR count). The van der Waals surface area contributed by atoms with Gasteiger partial charge in [0, 0.05) is 17.1 Å². The normalized spacial score (nSPS) is 10.8. The maximum Gasteiger partial charge on any atom is 0.309 e. The van der Waals surface area contributed by atoms with E-state index in [1.807, 2.05) is 34.0 Å². The highest BCUT2D eigenvalue weighted by Crippen LogP contribution is 2.28. The van der Waals surface area contributed by atoms with Gasteiger partial charge in [0.15, 0.2) is 4.96 Å². The number of hydrogen-bond acceptors (Lipinski definition) is 4. The average molecular weight is 288 g/mol. The fraction of sp³-hybridized carbons (Fsp3) is 0.143. The van der Waals surface area contributed by atoms with Gasteiger partial charge in [0.25, 0.3) is 0 Å². The largest absolute Gasteiger partial charge is 0.497 e. The van der Waals surface area contributed by atoms with Crippen LogP contribution in [0.4, 0.5) is 0 Å². The Balaban J connectivity index is 2.06. The summed E-state index contributed by atoms with van der Waals surface area (Å²) in [5, 5.41) is 10.8. The minimum atomic E-state index is -0.876. The number of nitrogens with zero attached hydrogens (tertiary/aromatic N) is 2. The molecule has 0 unspecified atom stereocenters. The zero-order chi connectivity index (χ0) is 14.1. The molecule has 0 spiro atoms. The Kier molecular flexibility index (Phi) is 3.15. The average Bonchev–Trinajstić information content (AvgIpc) is 2.97. The minimum Gasteiger partial charge on any atom is -0.497 e. The van der Waals surface area contributed by atoms with Gasteiger partial charge in [0.05, 0.1) is 24.9 Å². The SMILES string of the molecule is COc1cccc(-c2csc3nc(CC(=O)O)cn23)c1. The number of carboxylic acids is 1. The Bertz CT molecular complexity index is 776. The highest BCUT2D eigenvalue weighted by atomic mass is 32.1. The van der Waals surface area contributed by atoms with Crippen LogP contribution in [0.15, 0.2) is 35.8 Å². The van der Waals surface area contributed by atoms with E-state index in [1.54, 1.807) is 13.3 Å². The number of hydrogen-bond donors (Lipinski definition) is 1. The molecular weight excluding hydrogens is 276 g/mol. The number of carboxylic acid groups (broad SMARTS) is 1. The Morgan fingerprint density at radius 2 is 2.35 bits per heavy atom. The van der Waals surface area contributed by atoms with Gasteiger partial charge in [0.2, 0.25) is 0 Å². The van der Waals surface area contributed by atoms with Gasteiger partial charge in [-0.25, -0.2) is 4.98 Å². The maximum atomic E-state index is 10.7. The number of carbonyl (C=O) groups is 1. The van der Waals surface area contributed by atoms with Crippen molar-refractivity contribution in [3.8, 4) is 17.0 Å². The van der Waals surface area contributed by atoms with Crippen molar-refractivity contribution in [1.29, 1.82) is 0 Å². The van der Waals surface area contributed by atoms with Gasteiger partial charge in [-0.05, 0) is 12.1 Å². The molecule has 0 radical (unpaired) electrons. The smallest absolute Gasteiger partial charge is 0.309 e. The van der Waals surface area contributed by atoms with Gasteiger partial charge >= 0.3 is 5.97 Å². The second-order valence-corrected chi connectivity index (χ2v) is 5.14. The van der Waals surface area contributed by atoms with Crippen LogP contribution in [0.1, 0.15) is 5.69 Å². The van der Waals surface area contributed by atoms with Crippen LogP contribution in [0.2, 0.25) is 0 Å². The van der Waals surface area contributed by atoms with Gasteiger partial charge in [-0.15, -0.1) is 11.3 Å². The summed E-state index contributed by atoms with van der Waals surface area (Å²) in [5.41, 5.74) is 2.55. The maximum absolute atomic E-state index is 10.7. The Morgan fingerprint density at radius 3 is 3.10 bits per heavy atom. The van der Waals surface area contributed by atoms with Crippen molar-refractivity contribution in [2.75, 3.05) is 7.11 Å². The molecule has 0 aliphatic carbocycles. The number of aromatic nitrogens is 2. The van der Waals surface area contributed by atoms with Crippen molar-refractivity contribution in [3.63, 3.8) is 0 Å². The Labute approximate surface area is 119 Å². The fourth-order valence-electron chi connectivity index (χ4n) is 2.06. The van der Waals surface area contributed by atoms with Crippen LogP contribution in [0.3, 0.4) is 0 Å². The Hall–Kier alpha value is -2.34. The Morgan fingerprint density at radius 1 is 1.50 bits per heavy atom. The van der Waals surface area contributed by atoms with Gasteiger partial charge in [-0.1, -0.05) is 12.1 Å². The number of benzene rings is 1. The summed E-state index contributed by atoms with van der Waals surface area (Å²) < 4.78 is 7.14. The van der Waals surface area contributed by atoms with Crippen LogP contribution < -0.4 is 4.74 Å². The minimum absolute atomic E-state index is 0.0635. The first-order valence-electron chi connectivity index (χ1n) is 5.99. The number of ether oxygens (including phenoxy) is 1. The third-order valence-corrected chi connectivity index (χ3v) is 3.80. The number of thiazole rings is 1. The molecule has 1 aromatic carbocycles. The van der Waals surface area contributed by atoms with Gasteiger partial charge in [-0.2, -0.15) is 0 Å². The summed E-state index contributed by atoms with van der Waals surface area (Å²) in [5.74, 6) is -0.0913. The van der Waals surface area contributed by atoms with Crippen molar-refractivity contribution in [1.82, 2.24) is 9.38 Å². The standard InChI is InChI=1S/C14H12N2O3S/c1-19-11-4-2-3-9(5-11)12-8-20-14-15-10(6-13(17)18)7-16(12)14/h2-5,7-8H,6H2,1H3,(H,17,18). The number of aliphatic carboxylic acids is 1. The predicted molar refractivity (Wildman–Crippen MR) is 76.4 cm³/mol. The summed E-state index contributed by atoms with van der Waals surface area (Å²) in [4.78, 5) is 15.8. The zero-order valence-electron chi connectivity index (χ0n) is 10.7. The lowest BCUT2D eigenvalue weighted by atomic mass is 10.1. The predicted octanol–water partition coefficient (Wildman–Crippen LogP) is 2.70. The van der Waals surface area contributed by atoms with E-state index in [2.05, 4.69) is 4.98 Å². The molecule has 2 aromatic heterocycles. The number of fused-ring (bicyclic) bond motifs is 1. The van der Waals surface area contributed by atoms with Crippen molar-refractivity contribution in [2.24, 2.45) is 0 Å². The first kappa shape index (κ1) is 12.7. The summed E-state index contributed by atoms with van der Waals surface area (Å²) in [7, 11) is 1.63. The number of methoxy groups -OCH3 is 1. The lowest BCUT2D eigenvalue weighted by Gasteiger charge is -2.03. The summed E-state index contributed by atoms with van der Waals surface area (Å²) in [6, 6.07) is 7.74. The lowest BCUT2D eigenvalue weighted by molar-refractivity contribution is -0.136.